The average molecular weight is 690 g/mol. The molecule has 0 amide bonds. The molecule has 0 aliphatic carbocycles. The van der Waals surface area contributed by atoms with Gasteiger partial charge in [-0.2, -0.15) is 0 Å². The van der Waals surface area contributed by atoms with Gasteiger partial charge in [-0.25, -0.2) is 0 Å². The molecule has 3 nitrogen and oxygen atoms in total. The summed E-state index contributed by atoms with van der Waals surface area (Å²) in [6, 6.07) is 68.1. The highest BCUT2D eigenvalue weighted by Gasteiger charge is 2.27. The number of dihydropyridines is 1. The first-order chi connectivity index (χ1) is 26.8. The Morgan fingerprint density at radius 3 is 1.85 bits per heavy atom. The van der Waals surface area contributed by atoms with Crippen LogP contribution in [0.25, 0.3) is 82.6 Å². The highest BCUT2D eigenvalue weighted by Crippen LogP contribution is 2.47. The van der Waals surface area contributed by atoms with Gasteiger partial charge in [0.2, 0.25) is 0 Å². The fourth-order valence-electron chi connectivity index (χ4n) is 8.68. The molecule has 0 fully saturated rings. The van der Waals surface area contributed by atoms with Gasteiger partial charge in [-0.05, 0) is 81.6 Å². The first-order valence-corrected chi connectivity index (χ1v) is 18.6. The van der Waals surface area contributed by atoms with Crippen molar-refractivity contribution in [3.63, 3.8) is 0 Å². The summed E-state index contributed by atoms with van der Waals surface area (Å²) < 4.78 is 5.01. The molecule has 11 rings (SSSR count). The molecule has 2 aromatic heterocycles. The van der Waals surface area contributed by atoms with Gasteiger partial charge >= 0.3 is 0 Å². The third-order valence-electron chi connectivity index (χ3n) is 11.1. The van der Waals surface area contributed by atoms with E-state index in [2.05, 4.69) is 215 Å². The van der Waals surface area contributed by atoms with Crippen molar-refractivity contribution in [1.82, 2.24) is 14.5 Å². The summed E-state index contributed by atoms with van der Waals surface area (Å²) in [7, 11) is 0. The molecule has 0 radical (unpaired) electrons. The van der Waals surface area contributed by atoms with E-state index in [1.54, 1.807) is 0 Å². The molecule has 1 unspecified atom stereocenters. The lowest BCUT2D eigenvalue weighted by atomic mass is 9.95. The molecule has 0 bridgehead atoms. The molecule has 3 heteroatoms. The third kappa shape index (κ3) is 4.76. The molecular formula is C51H35N3. The van der Waals surface area contributed by atoms with Gasteiger partial charge in [0, 0.05) is 38.6 Å². The first kappa shape index (κ1) is 30.5. The van der Waals surface area contributed by atoms with Gasteiger partial charge in [0.1, 0.15) is 0 Å². The van der Waals surface area contributed by atoms with E-state index in [0.29, 0.717) is 0 Å². The molecule has 1 aliphatic heterocycles. The maximum atomic E-state index is 3.89. The van der Waals surface area contributed by atoms with E-state index in [0.717, 1.165) is 22.6 Å². The van der Waals surface area contributed by atoms with E-state index in [4.69, 9.17) is 0 Å². The molecule has 1 aliphatic rings. The average Bonchev–Trinajstić information content (AvgIpc) is 3.77. The van der Waals surface area contributed by atoms with Crippen molar-refractivity contribution in [3.8, 4) is 16.8 Å². The second kappa shape index (κ2) is 12.3. The highest BCUT2D eigenvalue weighted by molar-refractivity contribution is 6.28. The van der Waals surface area contributed by atoms with E-state index in [9.17, 15) is 0 Å². The molecule has 0 spiro atoms. The van der Waals surface area contributed by atoms with Gasteiger partial charge in [-0.15, -0.1) is 0 Å². The summed E-state index contributed by atoms with van der Waals surface area (Å²) >= 11 is 0. The van der Waals surface area contributed by atoms with Crippen molar-refractivity contribution in [3.05, 3.63) is 211 Å². The number of benzene rings is 8. The van der Waals surface area contributed by atoms with E-state index < -0.39 is 0 Å². The van der Waals surface area contributed by atoms with Crippen molar-refractivity contribution in [1.29, 1.82) is 0 Å². The molecule has 0 saturated carbocycles. The summed E-state index contributed by atoms with van der Waals surface area (Å²) in [6.07, 6.45) is 4.74. The van der Waals surface area contributed by atoms with Crippen LogP contribution in [0, 0.1) is 0 Å². The van der Waals surface area contributed by atoms with Crippen molar-refractivity contribution < 1.29 is 0 Å². The minimum atomic E-state index is -0.0308. The molecule has 0 saturated heterocycles. The number of aromatic nitrogens is 2. The van der Waals surface area contributed by atoms with Crippen molar-refractivity contribution in [2.75, 3.05) is 0 Å². The number of hydrogen-bond donors (Lipinski definition) is 1. The molecule has 1 N–H and O–H groups in total. The molecule has 10 aromatic rings. The quantitative estimate of drug-likeness (QED) is 0.191. The first-order valence-electron chi connectivity index (χ1n) is 18.6. The van der Waals surface area contributed by atoms with E-state index in [1.807, 2.05) is 0 Å². The van der Waals surface area contributed by atoms with Crippen LogP contribution in [0.1, 0.15) is 17.2 Å². The Labute approximate surface area is 313 Å². The van der Waals surface area contributed by atoms with Gasteiger partial charge < -0.3 is 14.5 Å². The summed E-state index contributed by atoms with van der Waals surface area (Å²) in [5.74, 6) is 0. The van der Waals surface area contributed by atoms with Crippen molar-refractivity contribution >= 4 is 65.8 Å². The van der Waals surface area contributed by atoms with Crippen LogP contribution in [0.4, 0.5) is 0 Å². The Morgan fingerprint density at radius 2 is 1.07 bits per heavy atom. The van der Waals surface area contributed by atoms with Crippen molar-refractivity contribution in [2.24, 2.45) is 0 Å². The molecule has 1 atom stereocenters. The van der Waals surface area contributed by atoms with Gasteiger partial charge in [0.15, 0.2) is 0 Å². The van der Waals surface area contributed by atoms with Crippen LogP contribution in [0.15, 0.2) is 200 Å². The van der Waals surface area contributed by atoms with E-state index >= 15 is 0 Å². The maximum absolute atomic E-state index is 3.89. The zero-order chi connectivity index (χ0) is 35.6. The number of rotatable bonds is 5. The summed E-state index contributed by atoms with van der Waals surface area (Å²) in [5, 5.41) is 11.3. The second-order valence-corrected chi connectivity index (χ2v) is 14.2. The minimum Gasteiger partial charge on any atom is -0.374 e. The molecule has 254 valence electrons. The lowest BCUT2D eigenvalue weighted by Crippen LogP contribution is -2.22. The van der Waals surface area contributed by atoms with Crippen molar-refractivity contribution in [2.45, 2.75) is 6.04 Å². The molecular weight excluding hydrogens is 655 g/mol. The largest absolute Gasteiger partial charge is 0.374 e. The van der Waals surface area contributed by atoms with Crippen LogP contribution in [0.5, 0.6) is 0 Å². The predicted octanol–water partition coefficient (Wildman–Crippen LogP) is 12.9. The minimum absolute atomic E-state index is 0.0308. The number of hydrogen-bond acceptors (Lipinski definition) is 1. The van der Waals surface area contributed by atoms with E-state index in [1.165, 1.54) is 71.1 Å². The van der Waals surface area contributed by atoms with Gasteiger partial charge in [0.05, 0.1) is 28.1 Å². The number of nitrogens with one attached hydrogen (secondary N) is 1. The number of para-hydroxylation sites is 3. The van der Waals surface area contributed by atoms with Crippen LogP contribution >= 0.6 is 0 Å². The Morgan fingerprint density at radius 1 is 0.444 bits per heavy atom. The molecule has 3 heterocycles. The summed E-state index contributed by atoms with van der Waals surface area (Å²) in [6.45, 7) is 0. The smallest absolute Gasteiger partial charge is 0.0795 e. The second-order valence-electron chi connectivity index (χ2n) is 14.2. The summed E-state index contributed by atoms with van der Waals surface area (Å²) in [4.78, 5) is 0. The monoisotopic (exact) mass is 689 g/mol. The maximum Gasteiger partial charge on any atom is 0.0795 e. The Kier molecular flexibility index (Phi) is 6.93. The number of allylic oxidation sites excluding steroid dienone is 2. The fraction of sp³-hybridized carbons (Fsp3) is 0.0196. The normalized spacial score (nSPS) is 14.5. The third-order valence-corrected chi connectivity index (χ3v) is 11.1. The topological polar surface area (TPSA) is 21.9 Å². The fourth-order valence-corrected chi connectivity index (χ4v) is 8.68. The molecule has 8 aromatic carbocycles. The van der Waals surface area contributed by atoms with Crippen LogP contribution in [0.3, 0.4) is 0 Å². The zero-order valence-electron chi connectivity index (χ0n) is 29.5. The standard InChI is InChI=1S/C51H35N3/c1-4-17-35(18-5-1)45-31-40(32-46(52-45)36-19-6-2-7-20-36)54-48-27-15-13-25-42(48)49-43(38-29-28-34-16-10-11-21-37(34)30-38)33-44-41-24-12-14-26-47(41)53(50(44)51(49)54)39-22-8-3-9-23-39/h1-33,45,52H. The number of nitrogens with zero attached hydrogens (tertiary/aromatic N) is 2. The van der Waals surface area contributed by atoms with Gasteiger partial charge in [0.25, 0.3) is 0 Å². The van der Waals surface area contributed by atoms with Gasteiger partial charge in [-0.3, -0.25) is 0 Å². The zero-order valence-corrected chi connectivity index (χ0v) is 29.5. The predicted molar refractivity (Wildman–Crippen MR) is 228 cm³/mol. The lowest BCUT2D eigenvalue weighted by molar-refractivity contribution is 0.762. The Balaban J connectivity index is 1.34. The lowest BCUT2D eigenvalue weighted by Gasteiger charge is -2.26. The Hall–Kier alpha value is -7.10. The Bertz CT molecular complexity index is 3110. The summed E-state index contributed by atoms with van der Waals surface area (Å²) in [5.41, 5.74) is 12.9. The number of fused-ring (bicyclic) bond motifs is 8. The SMILES string of the molecule is C1=C(c2ccccc2)NC(c2ccccc2)C=C1n1c2ccccc2c2c(-c3ccc4ccccc4c3)cc3c4ccccc4n(-c4ccccc4)c3c21. The van der Waals surface area contributed by atoms with E-state index in [-0.39, 0.29) is 6.04 Å². The van der Waals surface area contributed by atoms with Gasteiger partial charge in [-0.1, -0.05) is 152 Å². The molecule has 54 heavy (non-hydrogen) atoms. The van der Waals surface area contributed by atoms with Crippen LogP contribution < -0.4 is 5.32 Å². The van der Waals surface area contributed by atoms with Crippen LogP contribution in [0.2, 0.25) is 0 Å². The van der Waals surface area contributed by atoms with Crippen LogP contribution in [-0.2, 0) is 0 Å². The van der Waals surface area contributed by atoms with Crippen LogP contribution in [-0.4, -0.2) is 9.13 Å². The highest BCUT2D eigenvalue weighted by atomic mass is 15.1.